The van der Waals surface area contributed by atoms with Gasteiger partial charge in [-0.2, -0.15) is 0 Å². The molecule has 0 bridgehead atoms. The highest BCUT2D eigenvalue weighted by Crippen LogP contribution is 2.23. The molecule has 0 aromatic carbocycles. The Balaban J connectivity index is 2.89. The minimum atomic E-state index is 0.472. The first-order chi connectivity index (χ1) is 6.54. The van der Waals surface area contributed by atoms with E-state index in [1.54, 1.807) is 12.4 Å². The van der Waals surface area contributed by atoms with Crippen molar-refractivity contribution in [1.82, 2.24) is 4.98 Å². The number of nitrogens with two attached hydrogens (primary N) is 1. The van der Waals surface area contributed by atoms with Gasteiger partial charge in [0.25, 0.3) is 0 Å². The molecule has 2 N–H and O–H groups in total. The smallest absolute Gasteiger partial charge is 0.0738 e. The quantitative estimate of drug-likeness (QED) is 0.799. The predicted octanol–water partition coefficient (Wildman–Crippen LogP) is 2.14. The zero-order chi connectivity index (χ0) is 10.7. The van der Waals surface area contributed by atoms with Crippen LogP contribution in [0.1, 0.15) is 20.8 Å². The Morgan fingerprint density at radius 3 is 2.50 bits per heavy atom. The van der Waals surface area contributed by atoms with Crippen molar-refractivity contribution in [1.29, 1.82) is 0 Å². The van der Waals surface area contributed by atoms with Gasteiger partial charge in [0.05, 0.1) is 17.6 Å². The fourth-order valence-corrected chi connectivity index (χ4v) is 1.39. The molecule has 1 atom stereocenters. The van der Waals surface area contributed by atoms with Crippen molar-refractivity contribution < 1.29 is 0 Å². The van der Waals surface area contributed by atoms with Crippen molar-refractivity contribution >= 4 is 11.4 Å². The van der Waals surface area contributed by atoms with Crippen LogP contribution in [0.3, 0.4) is 0 Å². The maximum absolute atomic E-state index is 5.86. The molecule has 1 aromatic rings. The van der Waals surface area contributed by atoms with Gasteiger partial charge >= 0.3 is 0 Å². The van der Waals surface area contributed by atoms with Crippen LogP contribution in [0.25, 0.3) is 0 Å². The first kappa shape index (κ1) is 10.8. The van der Waals surface area contributed by atoms with Crippen LogP contribution in [0, 0.1) is 5.92 Å². The predicted molar refractivity (Wildman–Crippen MR) is 61.4 cm³/mol. The molecule has 1 unspecified atom stereocenters. The number of rotatable bonds is 3. The molecule has 0 radical (unpaired) electrons. The summed E-state index contributed by atoms with van der Waals surface area (Å²) in [7, 11) is 2.07. The Labute approximate surface area is 85.9 Å². The SMILES string of the molecule is CC(C)C(C)N(C)c1ccncc1N. The number of anilines is 2. The highest BCUT2D eigenvalue weighted by molar-refractivity contribution is 5.65. The summed E-state index contributed by atoms with van der Waals surface area (Å²) in [4.78, 5) is 6.18. The Hall–Kier alpha value is -1.25. The summed E-state index contributed by atoms with van der Waals surface area (Å²) in [5.74, 6) is 0.604. The van der Waals surface area contributed by atoms with Gasteiger partial charge in [-0.15, -0.1) is 0 Å². The molecule has 1 heterocycles. The van der Waals surface area contributed by atoms with Crippen LogP contribution < -0.4 is 10.6 Å². The fourth-order valence-electron chi connectivity index (χ4n) is 1.39. The Morgan fingerprint density at radius 2 is 2.00 bits per heavy atom. The summed E-state index contributed by atoms with van der Waals surface area (Å²) >= 11 is 0. The normalized spacial score (nSPS) is 12.9. The second-order valence-electron chi connectivity index (χ2n) is 4.03. The molecular formula is C11H19N3. The monoisotopic (exact) mass is 193 g/mol. The number of nitrogen functional groups attached to an aromatic ring is 1. The minimum absolute atomic E-state index is 0.472. The maximum atomic E-state index is 5.86. The first-order valence-corrected chi connectivity index (χ1v) is 4.96. The van der Waals surface area contributed by atoms with Crippen LogP contribution in [-0.4, -0.2) is 18.1 Å². The van der Waals surface area contributed by atoms with Crippen molar-refractivity contribution in [2.45, 2.75) is 26.8 Å². The molecule has 0 aliphatic carbocycles. The van der Waals surface area contributed by atoms with Crippen LogP contribution in [-0.2, 0) is 0 Å². The lowest BCUT2D eigenvalue weighted by Gasteiger charge is -2.30. The van der Waals surface area contributed by atoms with Gasteiger partial charge in [-0.1, -0.05) is 13.8 Å². The molecule has 78 valence electrons. The number of pyridine rings is 1. The highest BCUT2D eigenvalue weighted by atomic mass is 15.1. The third kappa shape index (κ3) is 2.16. The van der Waals surface area contributed by atoms with E-state index in [1.165, 1.54) is 0 Å². The van der Waals surface area contributed by atoms with Gasteiger partial charge in [0.2, 0.25) is 0 Å². The summed E-state index contributed by atoms with van der Waals surface area (Å²) < 4.78 is 0. The summed E-state index contributed by atoms with van der Waals surface area (Å²) in [6, 6.07) is 2.42. The molecule has 14 heavy (non-hydrogen) atoms. The second-order valence-corrected chi connectivity index (χ2v) is 4.03. The third-order valence-electron chi connectivity index (χ3n) is 2.78. The first-order valence-electron chi connectivity index (χ1n) is 4.96. The lowest BCUT2D eigenvalue weighted by atomic mass is 10.0. The molecule has 1 aromatic heterocycles. The molecule has 0 amide bonds. The van der Waals surface area contributed by atoms with Gasteiger partial charge in [-0.3, -0.25) is 4.98 Å². The van der Waals surface area contributed by atoms with Gasteiger partial charge in [0.15, 0.2) is 0 Å². The molecule has 0 aliphatic heterocycles. The Kier molecular flexibility index (Phi) is 3.33. The Morgan fingerprint density at radius 1 is 1.36 bits per heavy atom. The summed E-state index contributed by atoms with van der Waals surface area (Å²) in [5.41, 5.74) is 7.65. The zero-order valence-corrected chi connectivity index (χ0v) is 9.36. The molecule has 0 saturated heterocycles. The van der Waals surface area contributed by atoms with Gasteiger partial charge in [0.1, 0.15) is 0 Å². The van der Waals surface area contributed by atoms with E-state index in [4.69, 9.17) is 5.73 Å². The highest BCUT2D eigenvalue weighted by Gasteiger charge is 2.15. The molecule has 0 saturated carbocycles. The van der Waals surface area contributed by atoms with Gasteiger partial charge < -0.3 is 10.6 Å². The van der Waals surface area contributed by atoms with Crippen LogP contribution in [0.5, 0.6) is 0 Å². The number of nitrogens with zero attached hydrogens (tertiary/aromatic N) is 2. The van der Waals surface area contributed by atoms with Crippen LogP contribution in [0.15, 0.2) is 18.5 Å². The molecule has 1 rings (SSSR count). The molecular weight excluding hydrogens is 174 g/mol. The topological polar surface area (TPSA) is 42.2 Å². The molecule has 0 aliphatic rings. The number of hydrogen-bond acceptors (Lipinski definition) is 3. The summed E-state index contributed by atoms with van der Waals surface area (Å²) in [6.45, 7) is 6.61. The van der Waals surface area contributed by atoms with Crippen LogP contribution in [0.4, 0.5) is 11.4 Å². The van der Waals surface area contributed by atoms with E-state index in [9.17, 15) is 0 Å². The number of hydrogen-bond donors (Lipinski definition) is 1. The van der Waals surface area contributed by atoms with Crippen molar-refractivity contribution in [2.75, 3.05) is 17.7 Å². The average molecular weight is 193 g/mol. The standard InChI is InChI=1S/C11H19N3/c1-8(2)9(3)14(4)11-5-6-13-7-10(11)12/h5-9H,12H2,1-4H3. The van der Waals surface area contributed by atoms with E-state index < -0.39 is 0 Å². The van der Waals surface area contributed by atoms with E-state index in [0.29, 0.717) is 12.0 Å². The van der Waals surface area contributed by atoms with E-state index in [2.05, 4.69) is 37.7 Å². The lowest BCUT2D eigenvalue weighted by molar-refractivity contribution is 0.506. The lowest BCUT2D eigenvalue weighted by Crippen LogP contribution is -2.33. The van der Waals surface area contributed by atoms with Gasteiger partial charge in [-0.25, -0.2) is 0 Å². The number of aromatic nitrogens is 1. The molecule has 0 fully saturated rings. The van der Waals surface area contributed by atoms with E-state index in [1.807, 2.05) is 6.07 Å². The van der Waals surface area contributed by atoms with Crippen LogP contribution in [0.2, 0.25) is 0 Å². The molecule has 0 spiro atoms. The largest absolute Gasteiger partial charge is 0.396 e. The minimum Gasteiger partial charge on any atom is -0.396 e. The summed E-state index contributed by atoms with van der Waals surface area (Å²) in [6.07, 6.45) is 3.47. The average Bonchev–Trinajstić information content (AvgIpc) is 2.16. The maximum Gasteiger partial charge on any atom is 0.0738 e. The second kappa shape index (κ2) is 4.31. The fraction of sp³-hybridized carbons (Fsp3) is 0.545. The van der Waals surface area contributed by atoms with Crippen molar-refractivity contribution in [2.24, 2.45) is 5.92 Å². The molecule has 3 heteroatoms. The van der Waals surface area contributed by atoms with Crippen molar-refractivity contribution in [3.05, 3.63) is 18.5 Å². The molecule has 3 nitrogen and oxygen atoms in total. The van der Waals surface area contributed by atoms with Gasteiger partial charge in [-0.05, 0) is 18.9 Å². The zero-order valence-electron chi connectivity index (χ0n) is 9.36. The Bertz CT molecular complexity index is 296. The van der Waals surface area contributed by atoms with E-state index in [0.717, 1.165) is 11.4 Å². The van der Waals surface area contributed by atoms with E-state index >= 15 is 0 Å². The van der Waals surface area contributed by atoms with Crippen LogP contribution >= 0.6 is 0 Å². The third-order valence-corrected chi connectivity index (χ3v) is 2.78. The van der Waals surface area contributed by atoms with Crippen molar-refractivity contribution in [3.8, 4) is 0 Å². The van der Waals surface area contributed by atoms with Crippen molar-refractivity contribution in [3.63, 3.8) is 0 Å². The summed E-state index contributed by atoms with van der Waals surface area (Å²) in [5, 5.41) is 0. The van der Waals surface area contributed by atoms with Gasteiger partial charge in [0, 0.05) is 19.3 Å². The van der Waals surface area contributed by atoms with E-state index in [-0.39, 0.29) is 0 Å².